The number of amides is 2. The highest BCUT2D eigenvalue weighted by Crippen LogP contribution is 2.52. The molecular weight excluding hydrogens is 242 g/mol. The van der Waals surface area contributed by atoms with E-state index in [2.05, 4.69) is 12.2 Å². The van der Waals surface area contributed by atoms with Crippen LogP contribution in [0.25, 0.3) is 0 Å². The SMILES string of the molecule is CCC(=O)CCCN1C(=O)[C@@H]2[C@H](C1=O)[C@H]1C=C[C@@H]2C1. The van der Waals surface area contributed by atoms with Crippen LogP contribution in [0.3, 0.4) is 0 Å². The first-order chi connectivity index (χ1) is 9.13. The molecule has 19 heavy (non-hydrogen) atoms. The van der Waals surface area contributed by atoms with Gasteiger partial charge in [0, 0.05) is 19.4 Å². The Bertz CT molecular complexity index is 438. The van der Waals surface area contributed by atoms with Crippen molar-refractivity contribution in [2.75, 3.05) is 6.54 Å². The molecule has 2 bridgehead atoms. The topological polar surface area (TPSA) is 54.5 Å². The molecule has 0 unspecified atom stereocenters. The highest BCUT2D eigenvalue weighted by Gasteiger charge is 2.58. The molecule has 2 amide bonds. The van der Waals surface area contributed by atoms with Gasteiger partial charge in [0.05, 0.1) is 11.8 Å². The second-order valence-electron chi connectivity index (χ2n) is 5.82. The summed E-state index contributed by atoms with van der Waals surface area (Å²) in [6.07, 6.45) is 6.76. The Hall–Kier alpha value is -1.45. The molecule has 0 aromatic rings. The van der Waals surface area contributed by atoms with Gasteiger partial charge in [0.15, 0.2) is 0 Å². The number of hydrogen-bond donors (Lipinski definition) is 0. The van der Waals surface area contributed by atoms with E-state index in [-0.39, 0.29) is 41.3 Å². The molecule has 3 aliphatic rings. The van der Waals surface area contributed by atoms with E-state index in [1.165, 1.54) is 4.90 Å². The van der Waals surface area contributed by atoms with Gasteiger partial charge in [0.1, 0.15) is 5.78 Å². The van der Waals surface area contributed by atoms with Gasteiger partial charge < -0.3 is 0 Å². The molecule has 0 aromatic heterocycles. The molecule has 1 saturated carbocycles. The van der Waals surface area contributed by atoms with Crippen LogP contribution in [0.5, 0.6) is 0 Å². The molecule has 4 nitrogen and oxygen atoms in total. The van der Waals surface area contributed by atoms with Crippen molar-refractivity contribution >= 4 is 17.6 Å². The van der Waals surface area contributed by atoms with Crippen LogP contribution in [0.15, 0.2) is 12.2 Å². The van der Waals surface area contributed by atoms with Crippen LogP contribution < -0.4 is 0 Å². The minimum atomic E-state index is -0.107. The van der Waals surface area contributed by atoms with Gasteiger partial charge in [-0.25, -0.2) is 0 Å². The smallest absolute Gasteiger partial charge is 0.233 e. The van der Waals surface area contributed by atoms with E-state index < -0.39 is 0 Å². The maximum Gasteiger partial charge on any atom is 0.233 e. The first-order valence-corrected chi connectivity index (χ1v) is 7.18. The van der Waals surface area contributed by atoms with Crippen LogP contribution in [-0.4, -0.2) is 29.0 Å². The lowest BCUT2D eigenvalue weighted by Crippen LogP contribution is -2.34. The van der Waals surface area contributed by atoms with Gasteiger partial charge in [-0.15, -0.1) is 0 Å². The molecule has 3 rings (SSSR count). The van der Waals surface area contributed by atoms with E-state index in [0.29, 0.717) is 25.8 Å². The van der Waals surface area contributed by atoms with Crippen LogP contribution in [0, 0.1) is 23.7 Å². The number of carbonyl (C=O) groups excluding carboxylic acids is 3. The van der Waals surface area contributed by atoms with E-state index in [1.807, 2.05) is 6.92 Å². The summed E-state index contributed by atoms with van der Waals surface area (Å²) in [7, 11) is 0. The Morgan fingerprint density at radius 2 is 1.79 bits per heavy atom. The van der Waals surface area contributed by atoms with Gasteiger partial charge in [-0.3, -0.25) is 19.3 Å². The number of rotatable bonds is 5. The van der Waals surface area contributed by atoms with Crippen molar-refractivity contribution in [2.45, 2.75) is 32.6 Å². The quantitative estimate of drug-likeness (QED) is 0.557. The zero-order valence-corrected chi connectivity index (χ0v) is 11.2. The Balaban J connectivity index is 1.64. The van der Waals surface area contributed by atoms with E-state index >= 15 is 0 Å². The molecule has 0 N–H and O–H groups in total. The normalized spacial score (nSPS) is 35.3. The van der Waals surface area contributed by atoms with Crippen molar-refractivity contribution in [3.63, 3.8) is 0 Å². The van der Waals surface area contributed by atoms with E-state index in [0.717, 1.165) is 6.42 Å². The molecule has 102 valence electrons. The van der Waals surface area contributed by atoms with Crippen molar-refractivity contribution in [3.05, 3.63) is 12.2 Å². The Morgan fingerprint density at radius 1 is 1.21 bits per heavy atom. The molecule has 0 spiro atoms. The van der Waals surface area contributed by atoms with Gasteiger partial charge >= 0.3 is 0 Å². The maximum atomic E-state index is 12.3. The molecule has 0 aromatic carbocycles. The predicted octanol–water partition coefficient (Wildman–Crippen LogP) is 1.55. The van der Waals surface area contributed by atoms with Crippen LogP contribution in [0.4, 0.5) is 0 Å². The van der Waals surface area contributed by atoms with Gasteiger partial charge in [0.25, 0.3) is 0 Å². The summed E-state index contributed by atoms with van der Waals surface area (Å²) in [5.74, 6) is 0.517. The molecule has 1 aliphatic heterocycles. The van der Waals surface area contributed by atoms with E-state index in [4.69, 9.17) is 0 Å². The van der Waals surface area contributed by atoms with Gasteiger partial charge in [-0.05, 0) is 24.7 Å². The number of likely N-dealkylation sites (tertiary alicyclic amines) is 1. The molecule has 2 aliphatic carbocycles. The van der Waals surface area contributed by atoms with Gasteiger partial charge in [0.2, 0.25) is 11.8 Å². The fourth-order valence-corrected chi connectivity index (χ4v) is 3.80. The average Bonchev–Trinajstić information content (AvgIpc) is 3.07. The molecule has 4 heteroatoms. The standard InChI is InChI=1S/C15H19NO3/c1-2-11(17)4-3-7-16-14(18)12-9-5-6-10(8-9)13(12)15(16)19/h5-6,9-10,12-13H,2-4,7-8H2,1H3/t9-,10+,12+,13-. The number of imide groups is 1. The third-order valence-corrected chi connectivity index (χ3v) is 4.79. The summed E-state index contributed by atoms with van der Waals surface area (Å²) < 4.78 is 0. The summed E-state index contributed by atoms with van der Waals surface area (Å²) in [6.45, 7) is 2.25. The highest BCUT2D eigenvalue weighted by atomic mass is 16.2. The van der Waals surface area contributed by atoms with Crippen LogP contribution in [0.2, 0.25) is 0 Å². The Kier molecular flexibility index (Phi) is 3.03. The molecule has 2 fully saturated rings. The fraction of sp³-hybridized carbons (Fsp3) is 0.667. The maximum absolute atomic E-state index is 12.3. The minimum Gasteiger partial charge on any atom is -0.300 e. The van der Waals surface area contributed by atoms with Crippen molar-refractivity contribution in [3.8, 4) is 0 Å². The van der Waals surface area contributed by atoms with Crippen molar-refractivity contribution in [1.82, 2.24) is 4.90 Å². The molecule has 0 radical (unpaired) electrons. The lowest BCUT2D eigenvalue weighted by atomic mass is 9.85. The molecule has 1 heterocycles. The zero-order valence-electron chi connectivity index (χ0n) is 11.2. The van der Waals surface area contributed by atoms with Crippen LogP contribution in [0.1, 0.15) is 32.6 Å². The second kappa shape index (κ2) is 4.58. The number of hydrogen-bond acceptors (Lipinski definition) is 3. The third kappa shape index (κ3) is 1.85. The van der Waals surface area contributed by atoms with Gasteiger partial charge in [-0.2, -0.15) is 0 Å². The number of carbonyl (C=O) groups is 3. The molecule has 1 saturated heterocycles. The molecule has 4 atom stereocenters. The molecular formula is C15H19NO3. The summed E-state index contributed by atoms with van der Waals surface area (Å²) in [5.41, 5.74) is 0. The Morgan fingerprint density at radius 3 is 2.32 bits per heavy atom. The number of Topliss-reactive ketones (excluding diaryl/α,β-unsaturated/α-hetero) is 1. The van der Waals surface area contributed by atoms with Crippen LogP contribution >= 0.6 is 0 Å². The van der Waals surface area contributed by atoms with Gasteiger partial charge in [-0.1, -0.05) is 19.1 Å². The summed E-state index contributed by atoms with van der Waals surface area (Å²) in [5, 5.41) is 0. The predicted molar refractivity (Wildman–Crippen MR) is 69.0 cm³/mol. The summed E-state index contributed by atoms with van der Waals surface area (Å²) in [4.78, 5) is 37.3. The highest BCUT2D eigenvalue weighted by molar-refractivity contribution is 6.06. The number of fused-ring (bicyclic) bond motifs is 5. The van der Waals surface area contributed by atoms with E-state index in [1.54, 1.807) is 0 Å². The fourth-order valence-electron chi connectivity index (χ4n) is 3.80. The minimum absolute atomic E-state index is 0.00389. The van der Waals surface area contributed by atoms with Crippen molar-refractivity contribution in [2.24, 2.45) is 23.7 Å². The first-order valence-electron chi connectivity index (χ1n) is 7.18. The zero-order chi connectivity index (χ0) is 13.6. The van der Waals surface area contributed by atoms with Crippen molar-refractivity contribution in [1.29, 1.82) is 0 Å². The largest absolute Gasteiger partial charge is 0.300 e. The van der Waals surface area contributed by atoms with Crippen LogP contribution in [-0.2, 0) is 14.4 Å². The number of allylic oxidation sites excluding steroid dienone is 2. The number of ketones is 1. The second-order valence-corrected chi connectivity index (χ2v) is 5.82. The lowest BCUT2D eigenvalue weighted by Gasteiger charge is -2.16. The third-order valence-electron chi connectivity index (χ3n) is 4.79. The monoisotopic (exact) mass is 261 g/mol. The summed E-state index contributed by atoms with van der Waals surface area (Å²) in [6, 6.07) is 0. The summed E-state index contributed by atoms with van der Waals surface area (Å²) >= 11 is 0. The van der Waals surface area contributed by atoms with Crippen molar-refractivity contribution < 1.29 is 14.4 Å². The van der Waals surface area contributed by atoms with E-state index in [9.17, 15) is 14.4 Å². The lowest BCUT2D eigenvalue weighted by molar-refractivity contribution is -0.141. The average molecular weight is 261 g/mol. The number of nitrogens with zero attached hydrogens (tertiary/aromatic N) is 1. The first kappa shape index (κ1) is 12.6. The Labute approximate surface area is 112 Å².